The molecule has 2 amide bonds. The minimum Gasteiger partial charge on any atom is -0.494 e. The van der Waals surface area contributed by atoms with Crippen molar-refractivity contribution >= 4 is 69.3 Å². The Kier molecular flexibility index (Phi) is 15.9. The smallest absolute Gasteiger partial charge is 0.258 e. The monoisotopic (exact) mass is 804 g/mol. The van der Waals surface area contributed by atoms with Crippen LogP contribution in [0.5, 0.6) is 23.0 Å². The van der Waals surface area contributed by atoms with Gasteiger partial charge in [0.2, 0.25) is 12.1 Å². The molecule has 0 aliphatic carbocycles. The van der Waals surface area contributed by atoms with Gasteiger partial charge in [0.25, 0.3) is 11.8 Å². The molecule has 4 aromatic carbocycles. The van der Waals surface area contributed by atoms with E-state index < -0.39 is 35.5 Å². The number of nitrogens with zero attached hydrogens (tertiary/aromatic N) is 4. The Bertz CT molecular complexity index is 2090. The zero-order chi connectivity index (χ0) is 40.8. The summed E-state index contributed by atoms with van der Waals surface area (Å²) in [6.07, 6.45) is 0. The van der Waals surface area contributed by atoms with Crippen LogP contribution in [0.4, 0.5) is 22.7 Å². The lowest BCUT2D eigenvalue weighted by Crippen LogP contribution is -2.32. The fourth-order valence-corrected chi connectivity index (χ4v) is 5.68. The van der Waals surface area contributed by atoms with Crippen LogP contribution in [0.1, 0.15) is 41.5 Å². The molecule has 0 saturated carbocycles. The quantitative estimate of drug-likeness (QED) is 0.0695. The van der Waals surface area contributed by atoms with Gasteiger partial charge in [-0.05, 0) is 101 Å². The zero-order valence-corrected chi connectivity index (χ0v) is 33.2. The lowest BCUT2D eigenvalue weighted by atomic mass is 10.0. The largest absolute Gasteiger partial charge is 0.494 e. The van der Waals surface area contributed by atoms with E-state index in [-0.39, 0.29) is 15.7 Å². The summed E-state index contributed by atoms with van der Waals surface area (Å²) in [6, 6.07) is 16.9. The number of amides is 2. The second-order valence-electron chi connectivity index (χ2n) is 11.8. The highest BCUT2D eigenvalue weighted by Crippen LogP contribution is 2.39. The summed E-state index contributed by atoms with van der Waals surface area (Å²) in [7, 11) is 0. The van der Waals surface area contributed by atoms with Gasteiger partial charge in [-0.2, -0.15) is 20.5 Å². The molecular formula is C40H42Cl2N6O8. The Balaban J connectivity index is 1.49. The summed E-state index contributed by atoms with van der Waals surface area (Å²) < 4.78 is 22.3. The van der Waals surface area contributed by atoms with Gasteiger partial charge in [0, 0.05) is 12.1 Å². The van der Waals surface area contributed by atoms with Gasteiger partial charge in [-0.3, -0.25) is 19.2 Å². The van der Waals surface area contributed by atoms with E-state index >= 15 is 0 Å². The number of ether oxygens (including phenoxy) is 4. The first-order valence-electron chi connectivity index (χ1n) is 17.7. The maximum absolute atomic E-state index is 13.2. The molecule has 0 saturated heterocycles. The number of carbonyl (C=O) groups excluding carboxylic acids is 4. The Morgan fingerprint density at radius 3 is 1.41 bits per heavy atom. The van der Waals surface area contributed by atoms with Crippen molar-refractivity contribution in [3.63, 3.8) is 0 Å². The fourth-order valence-electron chi connectivity index (χ4n) is 5.12. The number of ketones is 2. The third-order valence-corrected chi connectivity index (χ3v) is 8.26. The third kappa shape index (κ3) is 11.6. The summed E-state index contributed by atoms with van der Waals surface area (Å²) in [4.78, 5) is 51.3. The van der Waals surface area contributed by atoms with Gasteiger partial charge < -0.3 is 29.6 Å². The van der Waals surface area contributed by atoms with E-state index in [1.54, 1.807) is 79.7 Å². The lowest BCUT2D eigenvalue weighted by Gasteiger charge is -2.15. The van der Waals surface area contributed by atoms with Crippen LogP contribution >= 0.6 is 23.2 Å². The van der Waals surface area contributed by atoms with Crippen molar-refractivity contribution in [1.82, 2.24) is 0 Å². The third-order valence-electron chi connectivity index (χ3n) is 7.69. The second-order valence-corrected chi connectivity index (χ2v) is 12.6. The number of azo groups is 2. The normalized spacial score (nSPS) is 12.2. The number of anilines is 2. The minimum atomic E-state index is -1.51. The molecule has 0 radical (unpaired) electrons. The van der Waals surface area contributed by atoms with Gasteiger partial charge in [-0.1, -0.05) is 35.3 Å². The molecule has 56 heavy (non-hydrogen) atoms. The van der Waals surface area contributed by atoms with Crippen LogP contribution in [0.2, 0.25) is 10.0 Å². The van der Waals surface area contributed by atoms with Crippen LogP contribution in [0.3, 0.4) is 0 Å². The molecule has 0 heterocycles. The number of hydrogen-bond acceptors (Lipinski definition) is 12. The van der Waals surface area contributed by atoms with Crippen molar-refractivity contribution in [2.75, 3.05) is 37.1 Å². The van der Waals surface area contributed by atoms with E-state index in [0.29, 0.717) is 77.6 Å². The Hall–Kier alpha value is -5.86. The molecule has 4 rings (SSSR count). The molecule has 2 unspecified atom stereocenters. The van der Waals surface area contributed by atoms with Crippen LogP contribution in [0.15, 0.2) is 93.3 Å². The van der Waals surface area contributed by atoms with Crippen molar-refractivity contribution in [2.45, 2.75) is 53.6 Å². The minimum absolute atomic E-state index is 0.0569. The van der Waals surface area contributed by atoms with E-state index in [0.717, 1.165) is 0 Å². The zero-order valence-electron chi connectivity index (χ0n) is 31.7. The van der Waals surface area contributed by atoms with Crippen LogP contribution in [0.25, 0.3) is 11.1 Å². The molecule has 2 atom stereocenters. The standard InChI is InChI=1S/C40H42Cl2N6O8/c1-7-53-28-15-17-34(55-9-3)32(21-28)43-39(51)36(23(5)49)46-45-27-13-11-25(12-14-27)26-19-30(41)38(31(42)20-26)48-47-37(24(6)50)40(52)44-33-22-29(54-8-2)16-18-35(33)56-10-4/h11-22,36-37H,7-10H2,1-6H3,(H,43,51)(H,44,52). The highest BCUT2D eigenvalue weighted by Gasteiger charge is 2.26. The number of Topliss-reactive ketones (excluding diaryl/α,β-unsaturated/α-hetero) is 2. The first kappa shape index (κ1) is 42.9. The van der Waals surface area contributed by atoms with Crippen LogP contribution in [0, 0.1) is 0 Å². The molecule has 0 aromatic heterocycles. The fraction of sp³-hybridized carbons (Fsp3) is 0.300. The molecule has 16 heteroatoms. The molecule has 4 aromatic rings. The van der Waals surface area contributed by atoms with Gasteiger partial charge in [0.1, 0.15) is 28.7 Å². The van der Waals surface area contributed by atoms with Crippen molar-refractivity contribution in [3.05, 3.63) is 82.8 Å². The summed E-state index contributed by atoms with van der Waals surface area (Å²) in [5, 5.41) is 21.9. The number of hydrogen-bond donors (Lipinski definition) is 2. The number of carbonyl (C=O) groups is 4. The van der Waals surface area contributed by atoms with Crippen molar-refractivity contribution in [2.24, 2.45) is 20.5 Å². The number of rotatable bonds is 19. The van der Waals surface area contributed by atoms with Gasteiger partial charge in [0.05, 0.1) is 53.5 Å². The summed E-state index contributed by atoms with van der Waals surface area (Å²) >= 11 is 13.1. The maximum atomic E-state index is 13.2. The first-order chi connectivity index (χ1) is 26.9. The number of benzene rings is 4. The van der Waals surface area contributed by atoms with Gasteiger partial charge in [-0.25, -0.2) is 0 Å². The molecule has 0 fully saturated rings. The Morgan fingerprint density at radius 2 is 1.00 bits per heavy atom. The second kappa shape index (κ2) is 20.7. The SMILES string of the molecule is CCOc1ccc(OCC)c(NC(=O)C(N=Nc2ccc(-c3cc(Cl)c(N=NC(C(C)=O)C(=O)Nc4cc(OCC)ccc4OCC)c(Cl)c3)cc2)C(C)=O)c1. The molecule has 2 N–H and O–H groups in total. The topological polar surface area (TPSA) is 179 Å². The summed E-state index contributed by atoms with van der Waals surface area (Å²) in [6.45, 7) is 11.3. The van der Waals surface area contributed by atoms with Gasteiger partial charge >= 0.3 is 0 Å². The maximum Gasteiger partial charge on any atom is 0.258 e. The van der Waals surface area contributed by atoms with E-state index in [1.807, 2.05) is 20.8 Å². The molecule has 0 aliphatic rings. The predicted octanol–water partition coefficient (Wildman–Crippen LogP) is 9.62. The molecule has 0 aliphatic heterocycles. The number of halogens is 2. The van der Waals surface area contributed by atoms with Gasteiger partial charge in [-0.15, -0.1) is 0 Å². The molecule has 294 valence electrons. The van der Waals surface area contributed by atoms with E-state index in [2.05, 4.69) is 31.1 Å². The van der Waals surface area contributed by atoms with Crippen LogP contribution < -0.4 is 29.6 Å². The number of nitrogens with one attached hydrogen (secondary N) is 2. The predicted molar refractivity (Wildman–Crippen MR) is 215 cm³/mol. The van der Waals surface area contributed by atoms with E-state index in [4.69, 9.17) is 42.1 Å². The van der Waals surface area contributed by atoms with E-state index in [1.165, 1.54) is 13.8 Å². The van der Waals surface area contributed by atoms with Gasteiger partial charge in [0.15, 0.2) is 11.6 Å². The molecular weight excluding hydrogens is 763 g/mol. The van der Waals surface area contributed by atoms with Crippen molar-refractivity contribution in [1.29, 1.82) is 0 Å². The highest BCUT2D eigenvalue weighted by atomic mass is 35.5. The molecule has 0 spiro atoms. The van der Waals surface area contributed by atoms with Crippen LogP contribution in [-0.4, -0.2) is 61.9 Å². The van der Waals surface area contributed by atoms with Crippen molar-refractivity contribution in [3.8, 4) is 34.1 Å². The van der Waals surface area contributed by atoms with Crippen molar-refractivity contribution < 1.29 is 38.1 Å². The average molecular weight is 806 g/mol. The average Bonchev–Trinajstić information content (AvgIpc) is 3.15. The lowest BCUT2D eigenvalue weighted by molar-refractivity contribution is -0.127. The summed E-state index contributed by atoms with van der Waals surface area (Å²) in [5.41, 5.74) is 2.37. The first-order valence-corrected chi connectivity index (χ1v) is 18.5. The summed E-state index contributed by atoms with van der Waals surface area (Å²) in [5.74, 6) is -0.677. The molecule has 14 nitrogen and oxygen atoms in total. The van der Waals surface area contributed by atoms with Crippen LogP contribution in [-0.2, 0) is 19.2 Å². The Morgan fingerprint density at radius 1 is 0.571 bits per heavy atom. The van der Waals surface area contributed by atoms with E-state index in [9.17, 15) is 19.2 Å². The highest BCUT2D eigenvalue weighted by molar-refractivity contribution is 6.39. The Labute approximate surface area is 334 Å². The molecule has 0 bridgehead atoms.